The van der Waals surface area contributed by atoms with Crippen molar-refractivity contribution in [3.05, 3.63) is 228 Å². The van der Waals surface area contributed by atoms with Gasteiger partial charge in [0.25, 0.3) is 0 Å². The Hall–Kier alpha value is -9.72. The summed E-state index contributed by atoms with van der Waals surface area (Å²) >= 11 is 1.87. The van der Waals surface area contributed by atoms with E-state index in [9.17, 15) is 48.3 Å². The monoisotopic (exact) mass is 1620 g/mol. The summed E-state index contributed by atoms with van der Waals surface area (Å²) in [5, 5.41) is 48.5. The standard InChI is InChI=1S/C20H23NO4.C17H20N2S.C16H25NO2.C15H15NO2S.C14H14O3.C11H16N2O3/c22-13-4-3-12-9-15-20(24)6-5-14(23)18-19(20,16(12)17(13)25-18)7-8-21(15)10-11-1-2-11;1-13(18(2)3)12-19-14-8-4-6-10-16(14)20-17-11-7-5-9-15(17)19;1-17(2)12-14-7-4-5-10-16(14,18)13-8-6-9-15(11-13)19-3;16-14(17)11-19(18)15(12-7-3-1-4-8-12)13-9-5-2-6-10-13;1-9(14(15)16)10-3-4-12-8-13(17-2)6-5-11(12)7-10;1-4-6-11(7(3)5-2)8(14)12-10(16)13-9(11)15/h3-4,11,15,18,22,24H,1-2,5-10H2;4-11,13H,12H2,1-3H3;6,8-9,11,14,18H,4-5,7,10,12H2,1-3H3;1-10,15H,11H2,(H2,16,17);3-9H,1-2H3,(H,15,16);4,7H,1,5-6H2,2-3H3,(H2,12,13,14,15,16)/t15-,18+,19+,20-;;14-,16+;;9-;/m1.1.0./s1. The first-order chi connectivity index (χ1) is 55.5. The lowest BCUT2D eigenvalue weighted by Crippen LogP contribution is -2.76. The lowest BCUT2D eigenvalue weighted by Gasteiger charge is -2.62. The molecule has 2 saturated heterocycles. The number of likely N-dealkylation sites (tertiary alicyclic amines) is 1. The Morgan fingerprint density at radius 3 is 1.91 bits per heavy atom. The molecule has 23 heteroatoms. The maximum atomic E-state index is 12.7. The number of carbonyl (C=O) groups excluding carboxylic acids is 5. The smallest absolute Gasteiger partial charge is 0.328 e. The number of aromatic hydroxyl groups is 1. The zero-order chi connectivity index (χ0) is 83.4. The SMILES string of the molecule is C=CCC1(C(C)CC)C(=O)NC(=O)NC1=O.CC(CN1c2ccccc2Sc2ccccc21)N(C)C.COc1ccc2cc([C@H](C)C(=O)O)ccc2c1.COc1cccc([C@@]2(O)CCCC[C@@H]2CN(C)C)c1.NC(=O)CS(=O)C(c1ccccc1)c1ccccc1.O=C1CC[C@@]2(O)[C@H]3Cc4ccc(O)c5c4[C@@]2(CCN3CC2CC2)[C@H]1O5. The number of aliphatic hydroxyl groups is 2. The van der Waals surface area contributed by atoms with E-state index in [4.69, 9.17) is 25.1 Å². The molecule has 2 bridgehead atoms. The van der Waals surface area contributed by atoms with Crippen LogP contribution in [0, 0.1) is 23.2 Å². The molecule has 116 heavy (non-hydrogen) atoms. The van der Waals surface area contributed by atoms with Crippen LogP contribution < -0.4 is 35.5 Å². The highest BCUT2D eigenvalue weighted by Gasteiger charge is 2.73. The Bertz CT molecular complexity index is 4750. The highest BCUT2D eigenvalue weighted by Crippen LogP contribution is 2.65. The first-order valence-corrected chi connectivity index (χ1v) is 42.4. The van der Waals surface area contributed by atoms with Gasteiger partial charge in [0, 0.05) is 70.2 Å². The van der Waals surface area contributed by atoms with Gasteiger partial charge in [-0.15, -0.1) is 6.58 Å². The third-order valence-electron chi connectivity index (χ3n) is 24.5. The first-order valence-electron chi connectivity index (χ1n) is 40.2. The number of likely N-dealkylation sites (N-methyl/N-ethyl adjacent to an activating group) is 1. The number of nitrogens with zero attached hydrogens (tertiary/aromatic N) is 4. The number of barbiturate groups is 1. The van der Waals surface area contributed by atoms with Crippen molar-refractivity contribution in [1.29, 1.82) is 0 Å². The molecule has 5 amide bonds. The summed E-state index contributed by atoms with van der Waals surface area (Å²) in [6, 6.07) is 59.2. The molecule has 3 saturated carbocycles. The van der Waals surface area contributed by atoms with E-state index in [2.05, 4.69) is 120 Å². The molecule has 10 atom stereocenters. The number of ether oxygens (including phenoxy) is 3. The minimum atomic E-state index is -1.36. The molecule has 8 aromatic carbocycles. The molecule has 4 aliphatic heterocycles. The second-order valence-electron chi connectivity index (χ2n) is 32.3. The molecule has 3 unspecified atom stereocenters. The van der Waals surface area contributed by atoms with Gasteiger partial charge in [-0.25, -0.2) is 4.79 Å². The van der Waals surface area contributed by atoms with Gasteiger partial charge in [0.1, 0.15) is 22.7 Å². The van der Waals surface area contributed by atoms with Gasteiger partial charge in [0.05, 0.1) is 53.4 Å². The summed E-state index contributed by atoms with van der Waals surface area (Å²) in [5.41, 5.74) is 10.0. The van der Waals surface area contributed by atoms with Crippen molar-refractivity contribution >= 4 is 80.2 Å². The van der Waals surface area contributed by atoms with Crippen LogP contribution in [-0.4, -0.2) is 173 Å². The highest BCUT2D eigenvalue weighted by atomic mass is 32.2. The summed E-state index contributed by atoms with van der Waals surface area (Å²) < 4.78 is 28.8. The number of Topliss-reactive ketones (excluding diaryl/α,β-unsaturated/α-hetero) is 1. The van der Waals surface area contributed by atoms with Crippen LogP contribution in [0.5, 0.6) is 23.0 Å². The van der Waals surface area contributed by atoms with Gasteiger partial charge in [0.2, 0.25) is 17.7 Å². The molecule has 0 radical (unpaired) electrons. The number of fused-ring (bicyclic) bond motifs is 3. The van der Waals surface area contributed by atoms with Crippen LogP contribution in [0.25, 0.3) is 10.8 Å². The number of benzene rings is 8. The number of carbonyl (C=O) groups is 6. The molecule has 8 N–H and O–H groups in total. The number of aliphatic carboxylic acids is 1. The Kier molecular flexibility index (Phi) is 28.6. The Labute approximate surface area is 688 Å². The Morgan fingerprint density at radius 2 is 1.34 bits per heavy atom. The first kappa shape index (κ1) is 87.1. The topological polar surface area (TPSA) is 291 Å². The van der Waals surface area contributed by atoms with Crippen LogP contribution in [-0.2, 0) is 52.2 Å². The number of amides is 5. The fraction of sp³-hybridized carbons (Fsp3) is 0.419. The summed E-state index contributed by atoms with van der Waals surface area (Å²) in [4.78, 5) is 81.5. The van der Waals surface area contributed by atoms with Crippen molar-refractivity contribution in [3.63, 3.8) is 0 Å². The number of nitrogens with two attached hydrogens (primary N) is 1. The number of hydrogen-bond acceptors (Lipinski definition) is 18. The fourth-order valence-corrected chi connectivity index (χ4v) is 20.0. The van der Waals surface area contributed by atoms with E-state index in [0.29, 0.717) is 37.0 Å². The maximum absolute atomic E-state index is 12.7. The number of anilines is 2. The highest BCUT2D eigenvalue weighted by molar-refractivity contribution is 7.99. The predicted molar refractivity (Wildman–Crippen MR) is 456 cm³/mol. The van der Waals surface area contributed by atoms with Crippen molar-refractivity contribution < 1.29 is 67.6 Å². The number of methoxy groups -OCH3 is 2. The van der Waals surface area contributed by atoms with E-state index in [1.54, 1.807) is 27.2 Å². The number of ketones is 1. The second-order valence-corrected chi connectivity index (χ2v) is 34.9. The molecule has 616 valence electrons. The van der Waals surface area contributed by atoms with Gasteiger partial charge in [-0.05, 0) is 205 Å². The van der Waals surface area contributed by atoms with E-state index < -0.39 is 74.6 Å². The number of piperidine rings is 1. The molecule has 4 aliphatic carbocycles. The summed E-state index contributed by atoms with van der Waals surface area (Å²) in [6.07, 6.45) is 11.0. The van der Waals surface area contributed by atoms with Crippen LogP contribution in [0.2, 0.25) is 0 Å². The number of allylic oxidation sites excluding steroid dienone is 1. The second kappa shape index (κ2) is 38.1. The molecule has 5 fully saturated rings. The molecule has 21 nitrogen and oxygen atoms in total. The van der Waals surface area contributed by atoms with Crippen LogP contribution in [0.15, 0.2) is 204 Å². The average molecular weight is 1620 g/mol. The normalized spacial score (nSPS) is 22.7. The zero-order valence-electron chi connectivity index (χ0n) is 68.3. The minimum absolute atomic E-state index is 0.0454. The number of rotatable bonds is 21. The number of carboxylic acids is 1. The third-order valence-corrected chi connectivity index (χ3v) is 27.3. The van der Waals surface area contributed by atoms with Crippen molar-refractivity contribution in [2.45, 2.75) is 161 Å². The predicted octanol–water partition coefficient (Wildman–Crippen LogP) is 14.4. The number of para-hydroxylation sites is 2. The summed E-state index contributed by atoms with van der Waals surface area (Å²) in [6.45, 7) is 15.1. The molecule has 16 rings (SSSR count). The lowest BCUT2D eigenvalue weighted by molar-refractivity contribution is -0.188. The molecule has 8 aliphatic rings. The van der Waals surface area contributed by atoms with E-state index in [1.807, 2.05) is 153 Å². The van der Waals surface area contributed by atoms with E-state index in [1.165, 1.54) is 46.5 Å². The maximum Gasteiger partial charge on any atom is 0.328 e. The van der Waals surface area contributed by atoms with Crippen LogP contribution >= 0.6 is 11.8 Å². The van der Waals surface area contributed by atoms with Crippen molar-refractivity contribution in [2.75, 3.05) is 79.2 Å². The van der Waals surface area contributed by atoms with E-state index in [0.717, 1.165) is 120 Å². The number of hydrogen-bond donors (Lipinski definition) is 7. The number of phenolic OH excluding ortho intramolecular Hbond substituents is 1. The van der Waals surface area contributed by atoms with Gasteiger partial charge in [-0.3, -0.25) is 43.7 Å². The fourth-order valence-electron chi connectivity index (χ4n) is 17.6. The van der Waals surface area contributed by atoms with E-state index in [-0.39, 0.29) is 40.9 Å². The quantitative estimate of drug-likeness (QED) is 0.0260. The zero-order valence-corrected chi connectivity index (χ0v) is 69.9. The third kappa shape index (κ3) is 18.8. The molecule has 0 aromatic heterocycles. The summed E-state index contributed by atoms with van der Waals surface area (Å²) in [5.74, 6) is 0.118. The van der Waals surface area contributed by atoms with Crippen LogP contribution in [0.1, 0.15) is 143 Å². The Morgan fingerprint density at radius 1 is 0.733 bits per heavy atom. The van der Waals surface area contributed by atoms with Crippen molar-refractivity contribution in [3.8, 4) is 23.0 Å². The number of primary amides is 1. The van der Waals surface area contributed by atoms with Crippen molar-refractivity contribution in [2.24, 2.45) is 28.9 Å². The van der Waals surface area contributed by atoms with Crippen LogP contribution in [0.3, 0.4) is 0 Å². The Balaban J connectivity index is 0.000000138. The summed E-state index contributed by atoms with van der Waals surface area (Å²) in [7, 11) is 10.4. The molecule has 1 spiro atoms. The number of carboxylic acid groups (broad SMARTS) is 1. The minimum Gasteiger partial charge on any atom is -0.504 e. The molecule has 8 aromatic rings. The van der Waals surface area contributed by atoms with Gasteiger partial charge in [-0.1, -0.05) is 178 Å². The van der Waals surface area contributed by atoms with Gasteiger partial charge in [-0.2, -0.15) is 0 Å². The van der Waals surface area contributed by atoms with Gasteiger partial charge < -0.3 is 55.1 Å². The molecular weight excluding hydrogens is 1500 g/mol. The van der Waals surface area contributed by atoms with E-state index >= 15 is 0 Å². The van der Waals surface area contributed by atoms with Crippen molar-refractivity contribution in [1.82, 2.24) is 25.3 Å². The number of urea groups is 1. The van der Waals surface area contributed by atoms with Gasteiger partial charge in [0.15, 0.2) is 23.4 Å². The number of nitrogens with one attached hydrogen (secondary N) is 2. The number of phenols is 1. The molecular formula is C93H113N7O14S2. The average Bonchev–Trinajstić information content (AvgIpc) is 1.45. The lowest BCUT2D eigenvalue weighted by atomic mass is 9.49. The van der Waals surface area contributed by atoms with Crippen LogP contribution in [0.4, 0.5) is 16.2 Å². The number of imide groups is 2. The molecule has 4 heterocycles. The van der Waals surface area contributed by atoms with Gasteiger partial charge >= 0.3 is 12.0 Å². The largest absolute Gasteiger partial charge is 0.504 e.